The fraction of sp³-hybridized carbons (Fsp3) is 0.909. The number of carbonyl (C=O) groups excluding carboxylic acids is 1. The van der Waals surface area contributed by atoms with Gasteiger partial charge in [0.25, 0.3) is 0 Å². The number of allylic oxidation sites excluding steroid dienone is 1. The lowest BCUT2D eigenvalue weighted by molar-refractivity contribution is -0.328. The van der Waals surface area contributed by atoms with Crippen LogP contribution in [0.3, 0.4) is 0 Å². The van der Waals surface area contributed by atoms with Crippen LogP contribution in [0.15, 0.2) is 11.6 Å². The Labute approximate surface area is 259 Å². The molecule has 3 saturated carbocycles. The van der Waals surface area contributed by atoms with E-state index in [1.165, 1.54) is 0 Å². The lowest BCUT2D eigenvalue weighted by Crippen LogP contribution is -2.64. The molecule has 0 amide bonds. The number of carbonyl (C=O) groups is 1. The highest BCUT2D eigenvalue weighted by Crippen LogP contribution is 2.68. The van der Waals surface area contributed by atoms with Crippen molar-refractivity contribution in [2.75, 3.05) is 6.61 Å². The molecule has 1 saturated heterocycles. The van der Waals surface area contributed by atoms with E-state index in [4.69, 9.17) is 9.47 Å². The summed E-state index contributed by atoms with van der Waals surface area (Å²) in [7, 11) is 0. The maximum Gasteiger partial charge on any atom is 0.187 e. The molecule has 0 aromatic heterocycles. The monoisotopic (exact) mass is 626 g/mol. The first-order valence-electron chi connectivity index (χ1n) is 16.4. The van der Waals surface area contributed by atoms with Crippen molar-refractivity contribution in [1.29, 1.82) is 0 Å². The van der Waals surface area contributed by atoms with Crippen LogP contribution in [0.5, 0.6) is 0 Å². The number of ketones is 1. The number of aliphatic hydroxyl groups excluding tert-OH is 5. The number of aliphatic hydroxyl groups is 8. The smallest absolute Gasteiger partial charge is 0.187 e. The van der Waals surface area contributed by atoms with E-state index in [1.54, 1.807) is 26.8 Å². The zero-order chi connectivity index (χ0) is 32.6. The van der Waals surface area contributed by atoms with E-state index < -0.39 is 77.7 Å². The van der Waals surface area contributed by atoms with Crippen LogP contribution in [0.25, 0.3) is 0 Å². The predicted octanol–water partition coefficient (Wildman–Crippen LogP) is 0.707. The van der Waals surface area contributed by atoms with E-state index in [1.807, 2.05) is 6.92 Å². The van der Waals surface area contributed by atoms with Gasteiger partial charge in [-0.3, -0.25) is 4.79 Å². The summed E-state index contributed by atoms with van der Waals surface area (Å²) in [5.74, 6) is -0.881. The number of hydrogen-bond donors (Lipinski definition) is 8. The fourth-order valence-electron chi connectivity index (χ4n) is 9.80. The highest BCUT2D eigenvalue weighted by molar-refractivity contribution is 5.95. The molecule has 5 rings (SSSR count). The maximum absolute atomic E-state index is 13.5. The molecule has 0 radical (unpaired) electrons. The van der Waals surface area contributed by atoms with E-state index in [2.05, 4.69) is 6.92 Å². The van der Waals surface area contributed by atoms with Crippen molar-refractivity contribution in [1.82, 2.24) is 0 Å². The lowest BCUT2D eigenvalue weighted by atomic mass is 9.46. The summed E-state index contributed by atoms with van der Waals surface area (Å²) in [6, 6.07) is 0. The molecule has 0 aromatic rings. The van der Waals surface area contributed by atoms with Gasteiger partial charge in [-0.05, 0) is 107 Å². The topological polar surface area (TPSA) is 197 Å². The molecule has 4 aliphatic carbocycles. The van der Waals surface area contributed by atoms with E-state index in [-0.39, 0.29) is 35.9 Å². The molecule has 1 heterocycles. The van der Waals surface area contributed by atoms with Gasteiger partial charge in [0.2, 0.25) is 0 Å². The van der Waals surface area contributed by atoms with Gasteiger partial charge >= 0.3 is 0 Å². The van der Waals surface area contributed by atoms with Gasteiger partial charge in [-0.25, -0.2) is 0 Å². The second-order valence-corrected chi connectivity index (χ2v) is 15.8. The summed E-state index contributed by atoms with van der Waals surface area (Å²) < 4.78 is 11.8. The molecule has 11 heteroatoms. The van der Waals surface area contributed by atoms with Gasteiger partial charge in [0.15, 0.2) is 12.1 Å². The molecular weight excluding hydrogens is 572 g/mol. The van der Waals surface area contributed by atoms with Gasteiger partial charge in [0, 0.05) is 11.3 Å². The zero-order valence-corrected chi connectivity index (χ0v) is 26.7. The molecule has 0 unspecified atom stereocenters. The van der Waals surface area contributed by atoms with Gasteiger partial charge in [-0.1, -0.05) is 13.8 Å². The third kappa shape index (κ3) is 5.42. The van der Waals surface area contributed by atoms with Crippen LogP contribution in [0.1, 0.15) is 92.4 Å². The molecule has 14 atom stereocenters. The summed E-state index contributed by atoms with van der Waals surface area (Å²) in [6.45, 7) is 8.34. The third-order valence-electron chi connectivity index (χ3n) is 12.6. The van der Waals surface area contributed by atoms with E-state index in [0.29, 0.717) is 38.5 Å². The molecule has 8 N–H and O–H groups in total. The molecule has 1 aliphatic heterocycles. The van der Waals surface area contributed by atoms with Gasteiger partial charge < -0.3 is 50.3 Å². The zero-order valence-electron chi connectivity index (χ0n) is 26.7. The molecule has 252 valence electrons. The second-order valence-electron chi connectivity index (χ2n) is 15.8. The Morgan fingerprint density at radius 1 is 0.977 bits per heavy atom. The van der Waals surface area contributed by atoms with Crippen LogP contribution >= 0.6 is 0 Å². The maximum atomic E-state index is 13.5. The third-order valence-corrected chi connectivity index (χ3v) is 12.6. The van der Waals surface area contributed by atoms with Crippen molar-refractivity contribution >= 4 is 5.78 Å². The van der Waals surface area contributed by atoms with Crippen LogP contribution in [-0.2, 0) is 14.3 Å². The highest BCUT2D eigenvalue weighted by atomic mass is 16.7. The number of ether oxygens (including phenoxy) is 2. The molecule has 44 heavy (non-hydrogen) atoms. The Hall–Kier alpha value is -0.990. The average molecular weight is 627 g/mol. The Bertz CT molecular complexity index is 1120. The van der Waals surface area contributed by atoms with Crippen molar-refractivity contribution in [3.63, 3.8) is 0 Å². The van der Waals surface area contributed by atoms with Crippen molar-refractivity contribution < 1.29 is 55.1 Å². The minimum absolute atomic E-state index is 0.0178. The van der Waals surface area contributed by atoms with Crippen molar-refractivity contribution in [2.24, 2.45) is 28.6 Å². The van der Waals surface area contributed by atoms with E-state index in [9.17, 15) is 45.6 Å². The Balaban J connectivity index is 1.46. The molecule has 0 bridgehead atoms. The first-order valence-corrected chi connectivity index (χ1v) is 16.4. The molecule has 4 fully saturated rings. The van der Waals surface area contributed by atoms with Crippen LogP contribution in [0, 0.1) is 28.6 Å². The summed E-state index contributed by atoms with van der Waals surface area (Å²) in [6.07, 6.45) is -3.30. The first-order chi connectivity index (χ1) is 20.3. The van der Waals surface area contributed by atoms with Crippen LogP contribution < -0.4 is 0 Å². The summed E-state index contributed by atoms with van der Waals surface area (Å²) in [5, 5.41) is 87.0. The van der Waals surface area contributed by atoms with Gasteiger partial charge in [0.05, 0.1) is 35.6 Å². The highest BCUT2D eigenvalue weighted by Gasteiger charge is 2.69. The first kappa shape index (κ1) is 34.3. The summed E-state index contributed by atoms with van der Waals surface area (Å²) >= 11 is 0. The molecular formula is C33H54O11. The molecule has 5 aliphatic rings. The summed E-state index contributed by atoms with van der Waals surface area (Å²) in [5.41, 5.74) is -4.57. The number of hydrogen-bond acceptors (Lipinski definition) is 11. The molecule has 11 nitrogen and oxygen atoms in total. The molecule has 0 aromatic carbocycles. The minimum Gasteiger partial charge on any atom is -0.394 e. The Morgan fingerprint density at radius 3 is 2.30 bits per heavy atom. The normalized spacial score (nSPS) is 48.1. The quantitative estimate of drug-likeness (QED) is 0.189. The standard InChI is InChI=1S/C33H54O11/c1-29(2,40)10-9-24(44-28-27(39)26(38)25(37)22(16-34)43-28)32(5,41)23-8-13-33(42)19-15-21(36)20-14-17(35)6-11-30(20,3)18(19)7-12-31(23,33)4/h15,17-18,20,22-28,34-35,37-42H,6-14,16H2,1-5H3/t17-,18-,20-,22+,23-,24+,25-,26-,27+,28-,30+,31+,32+,33+/m0/s1. The predicted molar refractivity (Wildman–Crippen MR) is 158 cm³/mol. The fourth-order valence-corrected chi connectivity index (χ4v) is 9.80. The number of fused-ring (bicyclic) bond motifs is 5. The second kappa shape index (κ2) is 11.6. The Morgan fingerprint density at radius 2 is 1.66 bits per heavy atom. The number of rotatable bonds is 8. The Kier molecular flexibility index (Phi) is 9.06. The van der Waals surface area contributed by atoms with Crippen molar-refractivity contribution in [3.05, 3.63) is 11.6 Å². The van der Waals surface area contributed by atoms with Crippen LogP contribution in [-0.4, -0.2) is 113 Å². The lowest BCUT2D eigenvalue weighted by Gasteiger charge is -2.60. The van der Waals surface area contributed by atoms with Gasteiger partial charge in [-0.15, -0.1) is 0 Å². The van der Waals surface area contributed by atoms with Crippen LogP contribution in [0.4, 0.5) is 0 Å². The minimum atomic E-state index is -1.67. The largest absolute Gasteiger partial charge is 0.394 e. The van der Waals surface area contributed by atoms with Crippen LogP contribution in [0.2, 0.25) is 0 Å². The van der Waals surface area contributed by atoms with E-state index in [0.717, 1.165) is 12.0 Å². The summed E-state index contributed by atoms with van der Waals surface area (Å²) in [4.78, 5) is 13.5. The van der Waals surface area contributed by atoms with Crippen molar-refractivity contribution in [2.45, 2.75) is 152 Å². The van der Waals surface area contributed by atoms with Gasteiger partial charge in [-0.2, -0.15) is 0 Å². The van der Waals surface area contributed by atoms with E-state index >= 15 is 0 Å². The average Bonchev–Trinajstić information content (AvgIpc) is 3.23. The van der Waals surface area contributed by atoms with Gasteiger partial charge in [0.1, 0.15) is 24.4 Å². The molecule has 0 spiro atoms. The van der Waals surface area contributed by atoms with Crippen molar-refractivity contribution in [3.8, 4) is 0 Å². The SMILES string of the molecule is CC(C)(O)CC[C@@H](O[C@@H]1O[C@H](CO)[C@H](O)[C@H](O)[C@H]1O)[C@](C)(O)[C@H]1CC[C@@]2(O)C3=CC(=O)[C@@H]4C[C@@H](O)CC[C@]4(C)[C@H]3CC[C@]12C.